The first kappa shape index (κ1) is 15.2. The summed E-state index contributed by atoms with van der Waals surface area (Å²) < 4.78 is 0. The molecule has 6 nitrogen and oxygen atoms in total. The Bertz CT molecular complexity index is 479. The van der Waals surface area contributed by atoms with Gasteiger partial charge in [0.15, 0.2) is 0 Å². The maximum atomic E-state index is 10.9. The first-order valence-electron chi connectivity index (χ1n) is 5.82. The Hall–Kier alpha value is -1.82. The number of aliphatic carboxylic acids is 1. The van der Waals surface area contributed by atoms with Crippen LogP contribution in [0.4, 0.5) is 11.4 Å². The Morgan fingerprint density at radius 1 is 1.58 bits per heavy atom. The number of halogens is 1. The average Bonchev–Trinajstić information content (AvgIpc) is 2.27. The highest BCUT2D eigenvalue weighted by Crippen LogP contribution is 2.28. The van der Waals surface area contributed by atoms with Gasteiger partial charge in [0.05, 0.1) is 4.92 Å². The van der Waals surface area contributed by atoms with Gasteiger partial charge in [-0.15, -0.1) is 0 Å². The molecule has 0 aromatic heterocycles. The normalized spacial score (nSPS) is 11.9. The van der Waals surface area contributed by atoms with Crippen molar-refractivity contribution in [3.8, 4) is 0 Å². The van der Waals surface area contributed by atoms with E-state index in [4.69, 9.17) is 16.7 Å². The van der Waals surface area contributed by atoms with E-state index in [0.717, 1.165) is 0 Å². The zero-order chi connectivity index (χ0) is 14.4. The van der Waals surface area contributed by atoms with Crippen LogP contribution in [0, 0.1) is 10.1 Å². The molecular weight excluding hydrogens is 272 g/mol. The minimum absolute atomic E-state index is 0.0468. The van der Waals surface area contributed by atoms with Gasteiger partial charge in [-0.3, -0.25) is 14.9 Å². The molecule has 0 radical (unpaired) electrons. The van der Waals surface area contributed by atoms with E-state index in [1.54, 1.807) is 0 Å². The van der Waals surface area contributed by atoms with Crippen LogP contribution in [0.2, 0.25) is 5.02 Å². The van der Waals surface area contributed by atoms with Crippen LogP contribution in [-0.2, 0) is 4.79 Å². The van der Waals surface area contributed by atoms with Gasteiger partial charge in [-0.2, -0.15) is 0 Å². The van der Waals surface area contributed by atoms with Crippen molar-refractivity contribution in [2.45, 2.75) is 32.2 Å². The molecule has 1 aromatic carbocycles. The molecule has 0 spiro atoms. The van der Waals surface area contributed by atoms with Gasteiger partial charge in [0.25, 0.3) is 5.69 Å². The molecule has 2 N–H and O–H groups in total. The maximum absolute atomic E-state index is 10.9. The number of benzene rings is 1. The number of hydrogen-bond acceptors (Lipinski definition) is 4. The third kappa shape index (κ3) is 5.13. The van der Waals surface area contributed by atoms with Gasteiger partial charge >= 0.3 is 5.97 Å². The van der Waals surface area contributed by atoms with Gasteiger partial charge in [0, 0.05) is 23.6 Å². The summed E-state index contributed by atoms with van der Waals surface area (Å²) in [5.74, 6) is -0.846. The van der Waals surface area contributed by atoms with Crippen molar-refractivity contribution < 1.29 is 14.8 Å². The highest BCUT2D eigenvalue weighted by atomic mass is 35.5. The number of rotatable bonds is 7. The Balaban J connectivity index is 2.67. The number of nitro groups is 1. The zero-order valence-corrected chi connectivity index (χ0v) is 11.2. The Morgan fingerprint density at radius 2 is 2.26 bits per heavy atom. The largest absolute Gasteiger partial charge is 0.481 e. The summed E-state index contributed by atoms with van der Waals surface area (Å²) in [6, 6.07) is 4.22. The number of nitro benzene ring substituents is 1. The van der Waals surface area contributed by atoms with Gasteiger partial charge in [-0.05, 0) is 31.9 Å². The number of nitrogens with one attached hydrogen (secondary N) is 1. The molecule has 0 aliphatic carbocycles. The monoisotopic (exact) mass is 286 g/mol. The predicted octanol–water partition coefficient (Wildman–Crippen LogP) is 3.30. The topological polar surface area (TPSA) is 92.5 Å². The molecule has 0 aliphatic heterocycles. The first-order valence-corrected chi connectivity index (χ1v) is 6.20. The Morgan fingerprint density at radius 3 is 2.84 bits per heavy atom. The molecule has 1 aromatic rings. The van der Waals surface area contributed by atoms with Crippen molar-refractivity contribution >= 4 is 28.9 Å². The molecule has 0 aliphatic rings. The van der Waals surface area contributed by atoms with Gasteiger partial charge in [-0.25, -0.2) is 0 Å². The fourth-order valence-corrected chi connectivity index (χ4v) is 1.85. The lowest BCUT2D eigenvalue weighted by Crippen LogP contribution is -2.16. The van der Waals surface area contributed by atoms with Crippen molar-refractivity contribution in [1.82, 2.24) is 0 Å². The van der Waals surface area contributed by atoms with Gasteiger partial charge in [0.1, 0.15) is 5.69 Å². The number of hydrogen-bond donors (Lipinski definition) is 2. The van der Waals surface area contributed by atoms with Crippen LogP contribution < -0.4 is 5.32 Å². The lowest BCUT2D eigenvalue weighted by Gasteiger charge is -2.15. The van der Waals surface area contributed by atoms with E-state index in [1.807, 2.05) is 6.92 Å². The summed E-state index contributed by atoms with van der Waals surface area (Å²) in [5.41, 5.74) is 0.301. The van der Waals surface area contributed by atoms with Gasteiger partial charge in [0.2, 0.25) is 0 Å². The summed E-state index contributed by atoms with van der Waals surface area (Å²) in [7, 11) is 0. The number of carbonyl (C=O) groups is 1. The summed E-state index contributed by atoms with van der Waals surface area (Å²) in [4.78, 5) is 20.8. The van der Waals surface area contributed by atoms with Gasteiger partial charge in [-0.1, -0.05) is 11.6 Å². The second kappa shape index (κ2) is 6.94. The smallest absolute Gasteiger partial charge is 0.303 e. The Kier molecular flexibility index (Phi) is 5.57. The third-order valence-corrected chi connectivity index (χ3v) is 2.82. The van der Waals surface area contributed by atoms with Crippen molar-refractivity contribution in [1.29, 1.82) is 0 Å². The molecule has 1 atom stereocenters. The van der Waals surface area contributed by atoms with E-state index >= 15 is 0 Å². The summed E-state index contributed by atoms with van der Waals surface area (Å²) in [5, 5.41) is 22.8. The van der Waals surface area contributed by atoms with E-state index in [-0.39, 0.29) is 18.2 Å². The van der Waals surface area contributed by atoms with E-state index < -0.39 is 10.9 Å². The molecule has 104 valence electrons. The third-order valence-electron chi connectivity index (χ3n) is 2.58. The van der Waals surface area contributed by atoms with Crippen LogP contribution in [0.1, 0.15) is 26.2 Å². The standard InChI is InChI=1S/C12H15ClN2O4/c1-8(3-2-4-12(16)17)14-10-7-9(13)5-6-11(10)15(18)19/h5-8,14H,2-4H2,1H3,(H,16,17). The van der Waals surface area contributed by atoms with Crippen molar-refractivity contribution in [2.75, 3.05) is 5.32 Å². The number of carboxylic acid groups (broad SMARTS) is 1. The molecule has 0 saturated heterocycles. The molecule has 7 heteroatoms. The van der Waals surface area contributed by atoms with E-state index in [1.165, 1.54) is 18.2 Å². The summed E-state index contributed by atoms with van der Waals surface area (Å²) in [6.07, 6.45) is 1.21. The SMILES string of the molecule is CC(CCCC(=O)O)Nc1cc(Cl)ccc1[N+](=O)[O-]. The number of carboxylic acids is 1. The quantitative estimate of drug-likeness (QED) is 0.592. The lowest BCUT2D eigenvalue weighted by atomic mass is 10.1. The minimum Gasteiger partial charge on any atom is -0.481 e. The molecule has 0 saturated carbocycles. The predicted molar refractivity (Wildman–Crippen MR) is 72.7 cm³/mol. The van der Waals surface area contributed by atoms with Crippen LogP contribution in [0.25, 0.3) is 0 Å². The van der Waals surface area contributed by atoms with Crippen LogP contribution >= 0.6 is 11.6 Å². The fourth-order valence-electron chi connectivity index (χ4n) is 1.68. The highest BCUT2D eigenvalue weighted by molar-refractivity contribution is 6.31. The molecule has 1 unspecified atom stereocenters. The molecular formula is C12H15ClN2O4. The first-order chi connectivity index (χ1) is 8.90. The molecule has 19 heavy (non-hydrogen) atoms. The van der Waals surface area contributed by atoms with E-state index in [2.05, 4.69) is 5.32 Å². The number of anilines is 1. The average molecular weight is 287 g/mol. The molecule has 0 fully saturated rings. The van der Waals surface area contributed by atoms with E-state index in [9.17, 15) is 14.9 Å². The summed E-state index contributed by atoms with van der Waals surface area (Å²) in [6.45, 7) is 1.84. The van der Waals surface area contributed by atoms with Crippen molar-refractivity contribution in [3.63, 3.8) is 0 Å². The molecule has 0 bridgehead atoms. The van der Waals surface area contributed by atoms with Crippen molar-refractivity contribution in [3.05, 3.63) is 33.3 Å². The molecule has 1 rings (SSSR count). The Labute approximate surface area is 115 Å². The van der Waals surface area contributed by atoms with Gasteiger partial charge < -0.3 is 10.4 Å². The molecule has 0 heterocycles. The van der Waals surface area contributed by atoms with Crippen LogP contribution in [0.15, 0.2) is 18.2 Å². The fraction of sp³-hybridized carbons (Fsp3) is 0.417. The number of nitrogens with zero attached hydrogens (tertiary/aromatic N) is 1. The molecule has 0 amide bonds. The maximum Gasteiger partial charge on any atom is 0.303 e. The minimum atomic E-state index is -0.846. The highest BCUT2D eigenvalue weighted by Gasteiger charge is 2.15. The van der Waals surface area contributed by atoms with E-state index in [0.29, 0.717) is 23.6 Å². The van der Waals surface area contributed by atoms with Crippen LogP contribution in [0.5, 0.6) is 0 Å². The summed E-state index contributed by atoms with van der Waals surface area (Å²) >= 11 is 5.81. The van der Waals surface area contributed by atoms with Crippen LogP contribution in [0.3, 0.4) is 0 Å². The second-order valence-electron chi connectivity index (χ2n) is 4.25. The zero-order valence-electron chi connectivity index (χ0n) is 10.4. The van der Waals surface area contributed by atoms with Crippen LogP contribution in [-0.4, -0.2) is 22.0 Å². The lowest BCUT2D eigenvalue weighted by molar-refractivity contribution is -0.384. The van der Waals surface area contributed by atoms with Crippen molar-refractivity contribution in [2.24, 2.45) is 0 Å². The second-order valence-corrected chi connectivity index (χ2v) is 4.69.